The Morgan fingerprint density at radius 1 is 1.67 bits per heavy atom. The Kier molecular flexibility index (Phi) is 2.10. The van der Waals surface area contributed by atoms with Crippen molar-refractivity contribution in [3.8, 4) is 0 Å². The van der Waals surface area contributed by atoms with Gasteiger partial charge in [0.25, 0.3) is 0 Å². The average molecular weight is 134 g/mol. The van der Waals surface area contributed by atoms with Gasteiger partial charge in [-0.3, -0.25) is 5.14 Å². The normalized spacial score (nSPS) is 12.0. The lowest BCUT2D eigenvalue weighted by Crippen LogP contribution is -2.01. The summed E-state index contributed by atoms with van der Waals surface area (Å²) in [6.07, 6.45) is 0. The van der Waals surface area contributed by atoms with Crippen LogP contribution in [-0.2, 0) is 0 Å². The van der Waals surface area contributed by atoms with E-state index in [9.17, 15) is 8.78 Å². The van der Waals surface area contributed by atoms with E-state index in [0.29, 0.717) is 0 Å². The first-order valence-corrected chi connectivity index (χ1v) is 2.26. The molecule has 1 nitrogen and oxygen atoms in total. The van der Waals surface area contributed by atoms with Gasteiger partial charge in [0, 0.05) is 11.9 Å². The molecule has 0 unspecified atom stereocenters. The van der Waals surface area contributed by atoms with Gasteiger partial charge in [-0.05, 0) is 11.6 Å². The first-order chi connectivity index (χ1) is 2.56. The molecular formula is CH2ClF2NS. The number of alkyl halides is 3. The monoisotopic (exact) mass is 133 g/mol. The molecule has 0 aromatic rings. The minimum atomic E-state index is -3.29. The zero-order valence-corrected chi connectivity index (χ0v) is 4.19. The summed E-state index contributed by atoms with van der Waals surface area (Å²) in [7, 11) is 0. The van der Waals surface area contributed by atoms with Crippen molar-refractivity contribution < 1.29 is 8.78 Å². The summed E-state index contributed by atoms with van der Waals surface area (Å²) in [5.74, 6) is 0. The SMILES string of the molecule is NSC(F)(F)Cl. The van der Waals surface area contributed by atoms with Crippen LogP contribution in [0, 0.1) is 0 Å². The molecule has 0 aliphatic rings. The van der Waals surface area contributed by atoms with E-state index < -0.39 is 4.71 Å². The van der Waals surface area contributed by atoms with Gasteiger partial charge in [-0.1, -0.05) is 0 Å². The van der Waals surface area contributed by atoms with E-state index in [1.165, 1.54) is 0 Å². The summed E-state index contributed by atoms with van der Waals surface area (Å²) >= 11 is 4.04. The van der Waals surface area contributed by atoms with E-state index in [2.05, 4.69) is 16.7 Å². The third kappa shape index (κ3) is 4.46. The Hall–Kier alpha value is 0.460. The third-order valence-corrected chi connectivity index (χ3v) is 0.668. The second kappa shape index (κ2) is 1.95. The molecule has 0 heterocycles. The fraction of sp³-hybridized carbons (Fsp3) is 1.00. The van der Waals surface area contributed by atoms with E-state index in [1.54, 1.807) is 0 Å². The Morgan fingerprint density at radius 2 is 1.83 bits per heavy atom. The van der Waals surface area contributed by atoms with Gasteiger partial charge >= 0.3 is 4.71 Å². The van der Waals surface area contributed by atoms with Crippen molar-refractivity contribution in [3.05, 3.63) is 0 Å². The van der Waals surface area contributed by atoms with E-state index in [-0.39, 0.29) is 11.9 Å². The highest BCUT2D eigenvalue weighted by atomic mass is 35.5. The Morgan fingerprint density at radius 3 is 1.83 bits per heavy atom. The molecule has 6 heavy (non-hydrogen) atoms. The quantitative estimate of drug-likeness (QED) is 0.432. The number of hydrogen-bond donors (Lipinski definition) is 1. The molecule has 0 aromatic carbocycles. The second-order valence-corrected chi connectivity index (χ2v) is 2.01. The number of nitrogens with two attached hydrogens (primary N) is 1. The van der Waals surface area contributed by atoms with Crippen LogP contribution >= 0.6 is 23.5 Å². The van der Waals surface area contributed by atoms with Crippen molar-refractivity contribution in [1.29, 1.82) is 0 Å². The molecule has 5 heteroatoms. The first-order valence-electron chi connectivity index (χ1n) is 1.01. The van der Waals surface area contributed by atoms with Crippen molar-refractivity contribution in [1.82, 2.24) is 0 Å². The van der Waals surface area contributed by atoms with Gasteiger partial charge in [0.05, 0.1) is 0 Å². The average Bonchev–Trinajstić information content (AvgIpc) is 1.35. The van der Waals surface area contributed by atoms with E-state index >= 15 is 0 Å². The van der Waals surface area contributed by atoms with Crippen LogP contribution in [-0.4, -0.2) is 4.71 Å². The van der Waals surface area contributed by atoms with Gasteiger partial charge in [0.1, 0.15) is 0 Å². The smallest absolute Gasteiger partial charge is 0.272 e. The van der Waals surface area contributed by atoms with Gasteiger partial charge < -0.3 is 0 Å². The predicted molar refractivity (Wildman–Crippen MR) is 22.6 cm³/mol. The largest absolute Gasteiger partial charge is 0.384 e. The van der Waals surface area contributed by atoms with E-state index in [4.69, 9.17) is 0 Å². The highest BCUT2D eigenvalue weighted by molar-refractivity contribution is 7.99. The van der Waals surface area contributed by atoms with Crippen molar-refractivity contribution in [2.24, 2.45) is 5.14 Å². The molecule has 0 rings (SSSR count). The van der Waals surface area contributed by atoms with Crippen LogP contribution in [0.25, 0.3) is 0 Å². The highest BCUT2D eigenvalue weighted by Crippen LogP contribution is 2.27. The molecule has 0 bridgehead atoms. The molecule has 0 saturated carbocycles. The van der Waals surface area contributed by atoms with Crippen molar-refractivity contribution in [2.75, 3.05) is 0 Å². The van der Waals surface area contributed by atoms with Crippen LogP contribution in [0.2, 0.25) is 0 Å². The zero-order chi connectivity index (χ0) is 5.21. The Balaban J connectivity index is 3.17. The molecule has 2 N–H and O–H groups in total. The van der Waals surface area contributed by atoms with E-state index in [0.717, 1.165) is 0 Å². The summed E-state index contributed by atoms with van der Waals surface area (Å²) in [6.45, 7) is 0. The van der Waals surface area contributed by atoms with Gasteiger partial charge in [-0.2, -0.15) is 8.78 Å². The Bertz CT molecular complexity index is 43.3. The molecule has 0 atom stereocenters. The maximum atomic E-state index is 11.1. The molecule has 0 aliphatic heterocycles. The second-order valence-electron chi connectivity index (χ2n) is 0.564. The lowest BCUT2D eigenvalue weighted by atomic mass is 11.6. The van der Waals surface area contributed by atoms with Crippen LogP contribution < -0.4 is 5.14 Å². The van der Waals surface area contributed by atoms with Crippen LogP contribution in [0.5, 0.6) is 0 Å². The summed E-state index contributed by atoms with van der Waals surface area (Å²) in [6, 6.07) is 0. The number of halogens is 3. The summed E-state index contributed by atoms with van der Waals surface area (Å²) in [5, 5.41) is 4.34. The van der Waals surface area contributed by atoms with Gasteiger partial charge in [0.15, 0.2) is 0 Å². The van der Waals surface area contributed by atoms with Crippen molar-refractivity contribution in [2.45, 2.75) is 4.71 Å². The standard InChI is InChI=1S/CH2ClF2NS/c2-1(3,4)6-5/h5H2. The minimum absolute atomic E-state index is 0.186. The fourth-order valence-electron chi connectivity index (χ4n) is 0. The predicted octanol–water partition coefficient (Wildman–Crippen LogP) is 1.38. The first kappa shape index (κ1) is 6.46. The third-order valence-electron chi connectivity index (χ3n) is 0.134. The minimum Gasteiger partial charge on any atom is -0.272 e. The molecular weight excluding hydrogens is 132 g/mol. The molecule has 0 aliphatic carbocycles. The molecule has 0 spiro atoms. The zero-order valence-electron chi connectivity index (χ0n) is 2.62. The maximum Gasteiger partial charge on any atom is 0.384 e. The summed E-state index contributed by atoms with van der Waals surface area (Å²) < 4.78 is 18.8. The van der Waals surface area contributed by atoms with Gasteiger partial charge in [0.2, 0.25) is 0 Å². The summed E-state index contributed by atoms with van der Waals surface area (Å²) in [4.78, 5) is 0. The van der Waals surface area contributed by atoms with E-state index in [1.807, 2.05) is 0 Å². The number of hydrogen-bond acceptors (Lipinski definition) is 2. The fourth-order valence-corrected chi connectivity index (χ4v) is 0. The molecule has 0 amide bonds. The van der Waals surface area contributed by atoms with Crippen LogP contribution in [0.3, 0.4) is 0 Å². The maximum absolute atomic E-state index is 11.1. The van der Waals surface area contributed by atoms with Crippen LogP contribution in [0.15, 0.2) is 0 Å². The molecule has 0 fully saturated rings. The lowest BCUT2D eigenvalue weighted by molar-refractivity contribution is 0.203. The molecule has 0 saturated heterocycles. The summed E-state index contributed by atoms with van der Waals surface area (Å²) in [5.41, 5.74) is 0. The van der Waals surface area contributed by atoms with Crippen molar-refractivity contribution >= 4 is 23.5 Å². The Labute approximate surface area is 43.0 Å². The topological polar surface area (TPSA) is 26.0 Å². The van der Waals surface area contributed by atoms with Gasteiger partial charge in [-0.15, -0.1) is 0 Å². The molecule has 38 valence electrons. The van der Waals surface area contributed by atoms with Crippen molar-refractivity contribution in [3.63, 3.8) is 0 Å². The number of rotatable bonds is 1. The lowest BCUT2D eigenvalue weighted by Gasteiger charge is -1.97. The van der Waals surface area contributed by atoms with Crippen LogP contribution in [0.1, 0.15) is 0 Å². The van der Waals surface area contributed by atoms with Gasteiger partial charge in [-0.25, -0.2) is 0 Å². The molecule has 0 aromatic heterocycles. The molecule has 0 radical (unpaired) electrons. The highest BCUT2D eigenvalue weighted by Gasteiger charge is 2.22. The van der Waals surface area contributed by atoms with Crippen LogP contribution in [0.4, 0.5) is 8.78 Å².